The Morgan fingerprint density at radius 3 is 3.00 bits per heavy atom. The highest BCUT2D eigenvalue weighted by atomic mass is 16.5. The van der Waals surface area contributed by atoms with Crippen molar-refractivity contribution in [3.63, 3.8) is 0 Å². The second-order valence-corrected chi connectivity index (χ2v) is 7.64. The van der Waals surface area contributed by atoms with Crippen LogP contribution >= 0.6 is 0 Å². The van der Waals surface area contributed by atoms with Crippen LogP contribution < -0.4 is 0 Å². The summed E-state index contributed by atoms with van der Waals surface area (Å²) in [6.45, 7) is 8.44. The largest absolute Gasteiger partial charge is 0.381 e. The molecule has 0 spiro atoms. The highest BCUT2D eigenvalue weighted by Crippen LogP contribution is 2.42. The Morgan fingerprint density at radius 2 is 2.17 bits per heavy atom. The zero-order valence-electron chi connectivity index (χ0n) is 14.4. The third-order valence-electron chi connectivity index (χ3n) is 5.81. The number of ether oxygens (including phenoxy) is 3. The van der Waals surface area contributed by atoms with Crippen molar-refractivity contribution in [2.45, 2.75) is 19.4 Å². The minimum absolute atomic E-state index is 0.181. The summed E-state index contributed by atoms with van der Waals surface area (Å²) in [5.41, 5.74) is 1.18. The third kappa shape index (κ3) is 3.64. The summed E-state index contributed by atoms with van der Waals surface area (Å²) < 4.78 is 17.4. The van der Waals surface area contributed by atoms with Crippen LogP contribution in [-0.2, 0) is 20.8 Å². The average Bonchev–Trinajstić information content (AvgIpc) is 3.13. The van der Waals surface area contributed by atoms with E-state index in [1.807, 2.05) is 24.4 Å². The van der Waals surface area contributed by atoms with E-state index in [9.17, 15) is 0 Å². The lowest BCUT2D eigenvalue weighted by Gasteiger charge is -2.29. The van der Waals surface area contributed by atoms with Crippen molar-refractivity contribution in [3.8, 4) is 0 Å². The minimum atomic E-state index is 0.181. The van der Waals surface area contributed by atoms with Gasteiger partial charge in [0.2, 0.25) is 0 Å². The van der Waals surface area contributed by atoms with Crippen LogP contribution in [0, 0.1) is 17.3 Å². The molecular formula is C19H28N2O3. The topological polar surface area (TPSA) is 43.8 Å². The van der Waals surface area contributed by atoms with E-state index in [2.05, 4.69) is 9.88 Å². The maximum atomic E-state index is 6.06. The molecule has 0 radical (unpaired) electrons. The number of aromatic nitrogens is 1. The van der Waals surface area contributed by atoms with Crippen LogP contribution in [0.15, 0.2) is 24.4 Å². The molecule has 0 bridgehead atoms. The lowest BCUT2D eigenvalue weighted by Crippen LogP contribution is -2.37. The zero-order chi connectivity index (χ0) is 16.2. The maximum absolute atomic E-state index is 6.06. The summed E-state index contributed by atoms with van der Waals surface area (Å²) in [7, 11) is 0. The van der Waals surface area contributed by atoms with Crippen LogP contribution in [0.1, 0.15) is 18.5 Å². The van der Waals surface area contributed by atoms with E-state index in [0.29, 0.717) is 12.5 Å². The summed E-state index contributed by atoms with van der Waals surface area (Å²) in [6.07, 6.45) is 4.24. The van der Waals surface area contributed by atoms with Crippen LogP contribution in [0.4, 0.5) is 0 Å². The zero-order valence-corrected chi connectivity index (χ0v) is 14.4. The van der Waals surface area contributed by atoms with Gasteiger partial charge in [-0.05, 0) is 30.9 Å². The summed E-state index contributed by atoms with van der Waals surface area (Å²) in [5, 5.41) is 0. The molecule has 132 valence electrons. The van der Waals surface area contributed by atoms with Gasteiger partial charge in [0.15, 0.2) is 0 Å². The minimum Gasteiger partial charge on any atom is -0.381 e. The first-order valence-electron chi connectivity index (χ1n) is 9.20. The number of pyridine rings is 1. The molecule has 0 saturated carbocycles. The molecule has 3 aliphatic heterocycles. The van der Waals surface area contributed by atoms with Crippen molar-refractivity contribution in [3.05, 3.63) is 30.1 Å². The molecule has 0 N–H and O–H groups in total. The molecule has 0 amide bonds. The number of fused-ring (bicyclic) bond motifs is 1. The molecule has 5 heteroatoms. The van der Waals surface area contributed by atoms with E-state index in [0.717, 1.165) is 57.7 Å². The van der Waals surface area contributed by atoms with Gasteiger partial charge in [0.05, 0.1) is 32.1 Å². The predicted molar refractivity (Wildman–Crippen MR) is 90.6 cm³/mol. The third-order valence-corrected chi connectivity index (χ3v) is 5.81. The smallest absolute Gasteiger partial charge is 0.0888 e. The Morgan fingerprint density at radius 1 is 1.25 bits per heavy atom. The highest BCUT2D eigenvalue weighted by molar-refractivity contribution is 5.03. The molecule has 24 heavy (non-hydrogen) atoms. The summed E-state index contributed by atoms with van der Waals surface area (Å²) >= 11 is 0. The first-order valence-corrected chi connectivity index (χ1v) is 9.20. The van der Waals surface area contributed by atoms with Gasteiger partial charge in [-0.25, -0.2) is 0 Å². The number of rotatable bonds is 6. The van der Waals surface area contributed by atoms with Crippen LogP contribution in [-0.4, -0.2) is 62.6 Å². The molecule has 4 heterocycles. The van der Waals surface area contributed by atoms with Crippen molar-refractivity contribution in [2.75, 3.05) is 52.7 Å². The van der Waals surface area contributed by atoms with Gasteiger partial charge >= 0.3 is 0 Å². The first-order chi connectivity index (χ1) is 11.8. The van der Waals surface area contributed by atoms with Crippen molar-refractivity contribution in [1.29, 1.82) is 0 Å². The lowest BCUT2D eigenvalue weighted by atomic mass is 9.82. The number of likely N-dealkylation sites (tertiary alicyclic amines) is 1. The Labute approximate surface area is 144 Å². The average molecular weight is 332 g/mol. The van der Waals surface area contributed by atoms with Gasteiger partial charge in [0.1, 0.15) is 0 Å². The number of hydrogen-bond acceptors (Lipinski definition) is 5. The first kappa shape index (κ1) is 16.5. The van der Waals surface area contributed by atoms with Gasteiger partial charge in [-0.15, -0.1) is 0 Å². The van der Waals surface area contributed by atoms with Crippen molar-refractivity contribution in [1.82, 2.24) is 9.88 Å². The van der Waals surface area contributed by atoms with Crippen LogP contribution in [0.5, 0.6) is 0 Å². The second-order valence-electron chi connectivity index (χ2n) is 7.64. The fourth-order valence-electron chi connectivity index (χ4n) is 4.42. The highest BCUT2D eigenvalue weighted by Gasteiger charge is 2.50. The van der Waals surface area contributed by atoms with Crippen molar-refractivity contribution >= 4 is 0 Å². The fourth-order valence-corrected chi connectivity index (χ4v) is 4.42. The molecule has 5 nitrogen and oxygen atoms in total. The van der Waals surface area contributed by atoms with E-state index >= 15 is 0 Å². The van der Waals surface area contributed by atoms with E-state index in [1.54, 1.807) is 0 Å². The molecule has 0 aromatic carbocycles. The van der Waals surface area contributed by atoms with Crippen molar-refractivity contribution < 1.29 is 14.2 Å². The quantitative estimate of drug-likeness (QED) is 0.797. The van der Waals surface area contributed by atoms with Gasteiger partial charge in [-0.1, -0.05) is 6.07 Å². The molecule has 2 atom stereocenters. The lowest BCUT2D eigenvalue weighted by molar-refractivity contribution is 0.0133. The van der Waals surface area contributed by atoms with Gasteiger partial charge in [0.25, 0.3) is 0 Å². The van der Waals surface area contributed by atoms with E-state index < -0.39 is 0 Å². The van der Waals surface area contributed by atoms with E-state index in [4.69, 9.17) is 14.2 Å². The molecule has 3 saturated heterocycles. The molecule has 4 rings (SSSR count). The van der Waals surface area contributed by atoms with Crippen LogP contribution in [0.25, 0.3) is 0 Å². The molecule has 0 aliphatic carbocycles. The standard InChI is InChI=1S/C19H28N2O3/c1-2-6-20-18(3-1)12-24-15-19-13-21(10-17(19)11-23-14-19)9-16-4-7-22-8-5-16/h1-3,6,16-17H,4-5,7-15H2/t17-,19+/m1/s1. The molecule has 1 aromatic rings. The van der Waals surface area contributed by atoms with Crippen molar-refractivity contribution in [2.24, 2.45) is 17.3 Å². The molecule has 3 fully saturated rings. The Hall–Kier alpha value is -1.01. The SMILES string of the molecule is c1ccc(COC[C@]23COC[C@H]2CN(CC2CCOCC2)C3)nc1. The summed E-state index contributed by atoms with van der Waals surface area (Å²) in [5.74, 6) is 1.41. The summed E-state index contributed by atoms with van der Waals surface area (Å²) in [4.78, 5) is 6.99. The van der Waals surface area contributed by atoms with E-state index in [1.165, 1.54) is 19.4 Å². The van der Waals surface area contributed by atoms with Crippen LogP contribution in [0.2, 0.25) is 0 Å². The Bertz CT molecular complexity index is 521. The normalized spacial score (nSPS) is 31.4. The molecule has 0 unspecified atom stereocenters. The number of hydrogen-bond donors (Lipinski definition) is 0. The van der Waals surface area contributed by atoms with Gasteiger partial charge in [-0.3, -0.25) is 4.98 Å². The molecular weight excluding hydrogens is 304 g/mol. The summed E-state index contributed by atoms with van der Waals surface area (Å²) in [6, 6.07) is 5.97. The second kappa shape index (κ2) is 7.48. The van der Waals surface area contributed by atoms with Gasteiger partial charge in [-0.2, -0.15) is 0 Å². The van der Waals surface area contributed by atoms with Gasteiger partial charge in [0, 0.05) is 50.4 Å². The molecule has 1 aromatic heterocycles. The monoisotopic (exact) mass is 332 g/mol. The fraction of sp³-hybridized carbons (Fsp3) is 0.737. The Kier molecular flexibility index (Phi) is 5.13. The molecule has 3 aliphatic rings. The van der Waals surface area contributed by atoms with Crippen LogP contribution in [0.3, 0.4) is 0 Å². The predicted octanol–water partition coefficient (Wildman–Crippen LogP) is 1.97. The van der Waals surface area contributed by atoms with Gasteiger partial charge < -0.3 is 19.1 Å². The van der Waals surface area contributed by atoms with E-state index in [-0.39, 0.29) is 5.41 Å². The maximum Gasteiger partial charge on any atom is 0.0888 e. The Balaban J connectivity index is 1.31. The number of nitrogens with zero attached hydrogens (tertiary/aromatic N) is 2.